The molecule has 42 heavy (non-hydrogen) atoms. The van der Waals surface area contributed by atoms with Crippen molar-refractivity contribution in [3.05, 3.63) is 153 Å². The smallest absolute Gasteiger partial charge is 0.0812 e. The number of hydrogen-bond acceptors (Lipinski definition) is 2. The van der Waals surface area contributed by atoms with Crippen molar-refractivity contribution in [3.63, 3.8) is 0 Å². The van der Waals surface area contributed by atoms with Crippen LogP contribution < -0.4 is 0 Å². The average Bonchev–Trinajstić information content (AvgIpc) is 3.63. The third kappa shape index (κ3) is 6.27. The van der Waals surface area contributed by atoms with E-state index < -0.39 is 0 Å². The summed E-state index contributed by atoms with van der Waals surface area (Å²) in [5.74, 6) is 0. The Balaban J connectivity index is 0.00000202. The Bertz CT molecular complexity index is 1530. The monoisotopic (exact) mass is 591 g/mol. The topological polar surface area (TPSA) is 34.6 Å². The molecule has 4 aromatic carbocycles. The van der Waals surface area contributed by atoms with Crippen LogP contribution >= 0.6 is 0 Å². The van der Waals surface area contributed by atoms with Gasteiger partial charge in [-0.1, -0.05) is 121 Å². The van der Waals surface area contributed by atoms with Crippen molar-refractivity contribution in [1.82, 2.24) is 9.35 Å². The van der Waals surface area contributed by atoms with Crippen molar-refractivity contribution in [1.29, 1.82) is 0 Å². The Labute approximate surface area is 258 Å². The molecule has 0 fully saturated rings. The average molecular weight is 592 g/mol. The first-order valence-electron chi connectivity index (χ1n) is 13.5. The zero-order valence-corrected chi connectivity index (χ0v) is 24.9. The molecule has 0 aliphatic rings. The van der Waals surface area contributed by atoms with Gasteiger partial charge in [-0.15, -0.1) is 0 Å². The largest absolute Gasteiger partial charge is 0.358 e. The van der Waals surface area contributed by atoms with Crippen LogP contribution in [-0.2, 0) is 16.5 Å². The minimum Gasteiger partial charge on any atom is -0.358 e. The fourth-order valence-corrected chi connectivity index (χ4v) is 4.83. The molecule has 5 heteroatoms. The van der Waals surface area contributed by atoms with E-state index in [2.05, 4.69) is 121 Å². The van der Waals surface area contributed by atoms with Crippen LogP contribution in [0.5, 0.6) is 0 Å². The number of aromatic nitrogens is 2. The second-order valence-electron chi connectivity index (χ2n) is 9.67. The van der Waals surface area contributed by atoms with Crippen LogP contribution in [0.25, 0.3) is 45.0 Å². The molecule has 6 rings (SSSR count). The predicted molar refractivity (Wildman–Crippen MR) is 174 cm³/mol. The molecule has 0 saturated heterocycles. The van der Waals surface area contributed by atoms with Crippen molar-refractivity contribution in [2.45, 2.75) is 13.8 Å². The van der Waals surface area contributed by atoms with Gasteiger partial charge in [0, 0.05) is 38.7 Å². The fraction of sp³-hybridized carbons (Fsp3) is 0.0541. The second-order valence-corrected chi connectivity index (χ2v) is 9.67. The molecular formula is C37H33N4Ni-. The number of hydrogen-bond donors (Lipinski definition) is 0. The van der Waals surface area contributed by atoms with Crippen molar-refractivity contribution in [2.75, 3.05) is 0 Å². The van der Waals surface area contributed by atoms with Gasteiger partial charge in [-0.2, -0.15) is 10.2 Å². The third-order valence-corrected chi connectivity index (χ3v) is 7.01. The Kier molecular flexibility index (Phi) is 9.91. The maximum atomic E-state index is 5.15. The van der Waals surface area contributed by atoms with E-state index in [0.717, 1.165) is 56.5 Å². The molecule has 0 spiro atoms. The summed E-state index contributed by atoms with van der Waals surface area (Å²) in [6, 6.07) is 50.0. The first-order chi connectivity index (χ1) is 19.7. The van der Waals surface area contributed by atoms with Crippen LogP contribution in [0.15, 0.2) is 156 Å². The molecule has 0 aliphatic heterocycles. The van der Waals surface area contributed by atoms with E-state index in [0.29, 0.717) is 0 Å². The molecule has 212 valence electrons. The van der Waals surface area contributed by atoms with E-state index in [9.17, 15) is 0 Å². The number of benzene rings is 4. The van der Waals surface area contributed by atoms with E-state index in [-0.39, 0.29) is 23.9 Å². The van der Waals surface area contributed by atoms with E-state index in [4.69, 9.17) is 10.2 Å². The summed E-state index contributed by atoms with van der Waals surface area (Å²) in [5.41, 5.74) is 10.2. The standard InChI is InChI=1S/C36H30N4.CH3.Ni/c1-27(37-39-33(29-15-7-3-8-16-29)23-24-34(39)30-17-9-4-10-18-30)28(2)38-40-35(31-19-11-5-12-20-31)25-26-36(40)32-21-13-6-14-22-32;;/h3-26H,1-2H3;1H3;/q;-1;/b37-27+,38-28+;;. The summed E-state index contributed by atoms with van der Waals surface area (Å²) < 4.78 is 4.07. The molecule has 4 nitrogen and oxygen atoms in total. The van der Waals surface area contributed by atoms with Crippen LogP contribution in [-0.4, -0.2) is 20.8 Å². The van der Waals surface area contributed by atoms with Crippen molar-refractivity contribution in [3.8, 4) is 45.0 Å². The summed E-state index contributed by atoms with van der Waals surface area (Å²) >= 11 is 0. The molecule has 0 N–H and O–H groups in total. The van der Waals surface area contributed by atoms with E-state index in [1.54, 1.807) is 0 Å². The van der Waals surface area contributed by atoms with Crippen molar-refractivity contribution < 1.29 is 16.5 Å². The van der Waals surface area contributed by atoms with Gasteiger partial charge in [-0.25, -0.2) is 9.35 Å². The zero-order valence-electron chi connectivity index (χ0n) is 24.0. The maximum Gasteiger partial charge on any atom is 0.0812 e. The zero-order chi connectivity index (χ0) is 27.3. The minimum absolute atomic E-state index is 0. The minimum atomic E-state index is 0. The van der Waals surface area contributed by atoms with Gasteiger partial charge in [0.15, 0.2) is 0 Å². The van der Waals surface area contributed by atoms with Crippen LogP contribution in [0.2, 0.25) is 0 Å². The quantitative estimate of drug-likeness (QED) is 0.101. The SMILES string of the molecule is CC(=N\n1c(-c2ccccc2)ccc1-c1ccccc1)/C(C)=N/n1c(-c2ccccc2)ccc1-c1ccccc1.[CH3-].[Ni]. The molecule has 2 aromatic heterocycles. The van der Waals surface area contributed by atoms with Gasteiger partial charge in [0.2, 0.25) is 0 Å². The molecular weight excluding hydrogens is 559 g/mol. The Morgan fingerprint density at radius 2 is 0.595 bits per heavy atom. The normalized spacial score (nSPS) is 11.5. The van der Waals surface area contributed by atoms with Crippen molar-refractivity contribution >= 4 is 11.4 Å². The van der Waals surface area contributed by atoms with Gasteiger partial charge in [-0.3, -0.25) is 0 Å². The van der Waals surface area contributed by atoms with E-state index in [1.807, 2.05) is 47.5 Å². The third-order valence-electron chi connectivity index (χ3n) is 7.01. The van der Waals surface area contributed by atoms with Gasteiger partial charge in [0.1, 0.15) is 0 Å². The summed E-state index contributed by atoms with van der Waals surface area (Å²) in [6.07, 6.45) is 0. The summed E-state index contributed by atoms with van der Waals surface area (Å²) in [6.45, 7) is 4.05. The van der Waals surface area contributed by atoms with E-state index in [1.165, 1.54) is 0 Å². The summed E-state index contributed by atoms with van der Waals surface area (Å²) in [5, 5.41) is 10.3. The molecule has 0 unspecified atom stereocenters. The fourth-order valence-electron chi connectivity index (χ4n) is 4.83. The van der Waals surface area contributed by atoms with E-state index >= 15 is 0 Å². The molecule has 0 aliphatic carbocycles. The Hall–Kier alpha value is -4.73. The summed E-state index contributed by atoms with van der Waals surface area (Å²) in [4.78, 5) is 0. The Morgan fingerprint density at radius 1 is 0.381 bits per heavy atom. The van der Waals surface area contributed by atoms with Crippen LogP contribution in [0.3, 0.4) is 0 Å². The van der Waals surface area contributed by atoms with Crippen molar-refractivity contribution in [2.24, 2.45) is 10.2 Å². The van der Waals surface area contributed by atoms with Gasteiger partial charge < -0.3 is 7.43 Å². The maximum absolute atomic E-state index is 5.15. The first kappa shape index (κ1) is 30.2. The van der Waals surface area contributed by atoms with Crippen LogP contribution in [0, 0.1) is 7.43 Å². The van der Waals surface area contributed by atoms with Crippen LogP contribution in [0.4, 0.5) is 0 Å². The molecule has 0 atom stereocenters. The molecule has 6 aromatic rings. The predicted octanol–water partition coefficient (Wildman–Crippen LogP) is 9.55. The number of rotatable bonds is 7. The molecule has 0 amide bonds. The molecule has 0 bridgehead atoms. The molecule has 0 saturated carbocycles. The van der Waals surface area contributed by atoms with Gasteiger partial charge >= 0.3 is 0 Å². The Morgan fingerprint density at radius 3 is 0.810 bits per heavy atom. The number of nitrogens with zero attached hydrogens (tertiary/aromatic N) is 4. The second kappa shape index (κ2) is 13.8. The van der Waals surface area contributed by atoms with Gasteiger partial charge in [0.05, 0.1) is 34.2 Å². The molecule has 0 radical (unpaired) electrons. The van der Waals surface area contributed by atoms with Crippen LogP contribution in [0.1, 0.15) is 13.8 Å². The van der Waals surface area contributed by atoms with Gasteiger partial charge in [-0.05, 0) is 38.1 Å². The summed E-state index contributed by atoms with van der Waals surface area (Å²) in [7, 11) is 0. The molecule has 2 heterocycles. The van der Waals surface area contributed by atoms with Gasteiger partial charge in [0.25, 0.3) is 0 Å². The first-order valence-corrected chi connectivity index (χ1v) is 13.5.